The Morgan fingerprint density at radius 3 is 2.21 bits per heavy atom. The van der Waals surface area contributed by atoms with Crippen LogP contribution >= 0.6 is 0 Å². The van der Waals surface area contributed by atoms with E-state index in [-0.39, 0.29) is 18.5 Å². The molecule has 0 aromatic heterocycles. The van der Waals surface area contributed by atoms with Crippen LogP contribution in [0, 0.1) is 0 Å². The lowest BCUT2D eigenvalue weighted by molar-refractivity contribution is -0.118. The predicted octanol–water partition coefficient (Wildman–Crippen LogP) is 3.01. The quantitative estimate of drug-likeness (QED) is 0.685. The molecule has 2 rings (SSSR count). The number of carbonyl (C=O) groups excluding carboxylic acids is 2. The van der Waals surface area contributed by atoms with Gasteiger partial charge in [0.05, 0.1) is 0 Å². The van der Waals surface area contributed by atoms with Crippen molar-refractivity contribution < 1.29 is 14.3 Å². The van der Waals surface area contributed by atoms with Crippen molar-refractivity contribution in [1.29, 1.82) is 0 Å². The van der Waals surface area contributed by atoms with E-state index >= 15 is 0 Å². The first-order chi connectivity index (χ1) is 11.7. The highest BCUT2D eigenvalue weighted by atomic mass is 16.5. The molecule has 0 heterocycles. The van der Waals surface area contributed by atoms with E-state index in [2.05, 4.69) is 22.5 Å². The first-order valence-corrected chi connectivity index (χ1v) is 7.41. The molecule has 124 valence electrons. The van der Waals surface area contributed by atoms with E-state index in [0.717, 1.165) is 0 Å². The van der Waals surface area contributed by atoms with Gasteiger partial charge >= 0.3 is 6.03 Å². The molecule has 0 fully saturated rings. The lowest BCUT2D eigenvalue weighted by atomic mass is 10.3. The summed E-state index contributed by atoms with van der Waals surface area (Å²) in [4.78, 5) is 23.3. The maximum absolute atomic E-state index is 11.8. The largest absolute Gasteiger partial charge is 0.484 e. The molecule has 0 unspecified atom stereocenters. The Morgan fingerprint density at radius 1 is 0.958 bits per heavy atom. The van der Waals surface area contributed by atoms with Gasteiger partial charge in [0.2, 0.25) is 0 Å². The van der Waals surface area contributed by atoms with Crippen LogP contribution in [0.15, 0.2) is 67.3 Å². The smallest absolute Gasteiger partial charge is 0.319 e. The Morgan fingerprint density at radius 2 is 1.58 bits per heavy atom. The van der Waals surface area contributed by atoms with Gasteiger partial charge in [0, 0.05) is 17.9 Å². The fourth-order valence-electron chi connectivity index (χ4n) is 1.84. The van der Waals surface area contributed by atoms with Crippen LogP contribution in [0.3, 0.4) is 0 Å². The number of amides is 3. The lowest BCUT2D eigenvalue weighted by Crippen LogP contribution is -2.28. The van der Waals surface area contributed by atoms with Gasteiger partial charge in [-0.3, -0.25) is 4.79 Å². The number of anilines is 2. The number of hydrogen-bond donors (Lipinski definition) is 3. The first kappa shape index (κ1) is 17.1. The maximum Gasteiger partial charge on any atom is 0.319 e. The summed E-state index contributed by atoms with van der Waals surface area (Å²) in [6.45, 7) is 3.84. The molecule has 0 saturated heterocycles. The number of rotatable bonds is 7. The first-order valence-electron chi connectivity index (χ1n) is 7.41. The summed E-state index contributed by atoms with van der Waals surface area (Å²) in [7, 11) is 0. The fraction of sp³-hybridized carbons (Fsp3) is 0.111. The number of ether oxygens (including phenoxy) is 1. The van der Waals surface area contributed by atoms with E-state index < -0.39 is 0 Å². The van der Waals surface area contributed by atoms with Gasteiger partial charge in [-0.15, -0.1) is 6.58 Å². The minimum Gasteiger partial charge on any atom is -0.484 e. The summed E-state index contributed by atoms with van der Waals surface area (Å²) in [5.74, 6) is 0.376. The van der Waals surface area contributed by atoms with Crippen LogP contribution in [-0.2, 0) is 4.79 Å². The topological polar surface area (TPSA) is 79.5 Å². The number of benzene rings is 2. The van der Waals surface area contributed by atoms with Gasteiger partial charge in [-0.1, -0.05) is 24.3 Å². The Balaban J connectivity index is 1.79. The Bertz CT molecular complexity index is 684. The molecule has 6 nitrogen and oxygen atoms in total. The number of nitrogens with one attached hydrogen (secondary N) is 3. The van der Waals surface area contributed by atoms with Crippen LogP contribution in [0.4, 0.5) is 16.2 Å². The molecule has 0 atom stereocenters. The second-order valence-electron chi connectivity index (χ2n) is 4.85. The molecule has 24 heavy (non-hydrogen) atoms. The molecule has 0 aliphatic rings. The van der Waals surface area contributed by atoms with E-state index in [1.165, 1.54) is 0 Å². The number of para-hydroxylation sites is 1. The Hall–Kier alpha value is -3.28. The van der Waals surface area contributed by atoms with Crippen molar-refractivity contribution >= 4 is 23.3 Å². The summed E-state index contributed by atoms with van der Waals surface area (Å²) in [6, 6.07) is 15.6. The number of carbonyl (C=O) groups is 2. The van der Waals surface area contributed by atoms with Gasteiger partial charge in [0.1, 0.15) is 5.75 Å². The molecule has 3 amide bonds. The number of urea groups is 1. The van der Waals surface area contributed by atoms with Crippen molar-refractivity contribution in [1.82, 2.24) is 5.32 Å². The van der Waals surface area contributed by atoms with Crippen molar-refractivity contribution in [3.8, 4) is 5.75 Å². The third kappa shape index (κ3) is 5.84. The normalized spacial score (nSPS) is 9.67. The van der Waals surface area contributed by atoms with E-state index in [1.807, 2.05) is 18.2 Å². The summed E-state index contributed by atoms with van der Waals surface area (Å²) in [5.41, 5.74) is 1.24. The monoisotopic (exact) mass is 325 g/mol. The van der Waals surface area contributed by atoms with Gasteiger partial charge < -0.3 is 20.7 Å². The summed E-state index contributed by atoms with van der Waals surface area (Å²) < 4.78 is 5.37. The van der Waals surface area contributed by atoms with Crippen LogP contribution in [0.25, 0.3) is 0 Å². The number of hydrogen-bond acceptors (Lipinski definition) is 3. The van der Waals surface area contributed by atoms with Gasteiger partial charge in [0.25, 0.3) is 5.91 Å². The molecule has 2 aromatic carbocycles. The molecule has 6 heteroatoms. The fourth-order valence-corrected chi connectivity index (χ4v) is 1.84. The molecule has 0 radical (unpaired) electrons. The van der Waals surface area contributed by atoms with Crippen LogP contribution in [0.2, 0.25) is 0 Å². The average Bonchev–Trinajstić information content (AvgIpc) is 2.61. The van der Waals surface area contributed by atoms with Crippen molar-refractivity contribution in [2.24, 2.45) is 0 Å². The zero-order valence-corrected chi connectivity index (χ0v) is 13.1. The van der Waals surface area contributed by atoms with Crippen molar-refractivity contribution in [2.75, 3.05) is 23.8 Å². The lowest BCUT2D eigenvalue weighted by Gasteiger charge is -2.09. The molecule has 3 N–H and O–H groups in total. The molecular weight excluding hydrogens is 306 g/mol. The maximum atomic E-state index is 11.8. The van der Waals surface area contributed by atoms with E-state index in [4.69, 9.17) is 4.74 Å². The van der Waals surface area contributed by atoms with Crippen LogP contribution < -0.4 is 20.7 Å². The van der Waals surface area contributed by atoms with Gasteiger partial charge in [0.15, 0.2) is 6.61 Å². The Labute approximate surface area is 140 Å². The standard InChI is InChI=1S/C18H19N3O3/c1-2-12-19-18(23)21-15-10-8-14(9-11-15)20-17(22)13-24-16-6-4-3-5-7-16/h2-11H,1,12-13H2,(H,20,22)(H2,19,21,23). The second-order valence-corrected chi connectivity index (χ2v) is 4.85. The molecule has 0 aliphatic carbocycles. The summed E-state index contributed by atoms with van der Waals surface area (Å²) in [5, 5.41) is 8.00. The summed E-state index contributed by atoms with van der Waals surface area (Å²) >= 11 is 0. The molecule has 0 bridgehead atoms. The van der Waals surface area contributed by atoms with E-state index in [0.29, 0.717) is 23.7 Å². The highest BCUT2D eigenvalue weighted by molar-refractivity contribution is 5.93. The third-order valence-corrected chi connectivity index (χ3v) is 2.95. The minimum atomic E-state index is -0.317. The van der Waals surface area contributed by atoms with Gasteiger partial charge in [-0.2, -0.15) is 0 Å². The molecule has 0 saturated carbocycles. The highest BCUT2D eigenvalue weighted by Gasteiger charge is 2.04. The zero-order chi connectivity index (χ0) is 17.2. The molecule has 0 spiro atoms. The van der Waals surface area contributed by atoms with E-state index in [1.54, 1.807) is 42.5 Å². The van der Waals surface area contributed by atoms with Crippen molar-refractivity contribution in [2.45, 2.75) is 0 Å². The average molecular weight is 325 g/mol. The minimum absolute atomic E-state index is 0.0754. The molecule has 2 aromatic rings. The molecule has 0 aliphatic heterocycles. The predicted molar refractivity (Wildman–Crippen MR) is 94.2 cm³/mol. The van der Waals surface area contributed by atoms with Crippen molar-refractivity contribution in [3.05, 3.63) is 67.3 Å². The SMILES string of the molecule is C=CCNC(=O)Nc1ccc(NC(=O)COc2ccccc2)cc1. The second kappa shape index (κ2) is 8.99. The van der Waals surface area contributed by atoms with Crippen LogP contribution in [0.5, 0.6) is 5.75 Å². The van der Waals surface area contributed by atoms with Gasteiger partial charge in [-0.25, -0.2) is 4.79 Å². The van der Waals surface area contributed by atoms with Crippen molar-refractivity contribution in [3.63, 3.8) is 0 Å². The third-order valence-electron chi connectivity index (χ3n) is 2.95. The van der Waals surface area contributed by atoms with Gasteiger partial charge in [-0.05, 0) is 36.4 Å². The van der Waals surface area contributed by atoms with E-state index in [9.17, 15) is 9.59 Å². The Kier molecular flexibility index (Phi) is 6.40. The van der Waals surface area contributed by atoms with Crippen LogP contribution in [-0.4, -0.2) is 25.1 Å². The van der Waals surface area contributed by atoms with Crippen LogP contribution in [0.1, 0.15) is 0 Å². The molecular formula is C18H19N3O3. The zero-order valence-electron chi connectivity index (χ0n) is 13.1. The highest BCUT2D eigenvalue weighted by Crippen LogP contribution is 2.14. The summed E-state index contributed by atoms with van der Waals surface area (Å²) in [6.07, 6.45) is 1.59.